The van der Waals surface area contributed by atoms with E-state index in [1.54, 1.807) is 0 Å². The molecular weight excluding hydrogens is 232 g/mol. The SMILES string of the molecule is Cc1ccc(N2CCC(CCN)CC2(C)C)c(C)c1. The summed E-state index contributed by atoms with van der Waals surface area (Å²) in [7, 11) is 0. The van der Waals surface area contributed by atoms with Crippen LogP contribution in [0.25, 0.3) is 0 Å². The molecule has 0 aromatic heterocycles. The largest absolute Gasteiger partial charge is 0.366 e. The highest BCUT2D eigenvalue weighted by molar-refractivity contribution is 5.56. The lowest BCUT2D eigenvalue weighted by Crippen LogP contribution is -2.50. The van der Waals surface area contributed by atoms with Gasteiger partial charge in [0.15, 0.2) is 0 Å². The standard InChI is InChI=1S/C17H28N2/c1-13-5-6-16(14(2)11-13)19-10-8-15(7-9-18)12-17(19,3)4/h5-6,11,15H,7-10,12,18H2,1-4H3. The molecule has 2 heteroatoms. The molecule has 0 spiro atoms. The Morgan fingerprint density at radius 1 is 1.32 bits per heavy atom. The van der Waals surface area contributed by atoms with Gasteiger partial charge in [-0.15, -0.1) is 0 Å². The average Bonchev–Trinajstić information content (AvgIpc) is 2.30. The van der Waals surface area contributed by atoms with Crippen molar-refractivity contribution in [3.63, 3.8) is 0 Å². The molecule has 0 aliphatic carbocycles. The minimum absolute atomic E-state index is 0.234. The molecule has 1 aliphatic heterocycles. The smallest absolute Gasteiger partial charge is 0.0400 e. The first-order valence-electron chi connectivity index (χ1n) is 7.49. The summed E-state index contributed by atoms with van der Waals surface area (Å²) in [6.45, 7) is 11.1. The number of aryl methyl sites for hydroxylation is 2. The number of rotatable bonds is 3. The van der Waals surface area contributed by atoms with Crippen molar-refractivity contribution in [1.29, 1.82) is 0 Å². The van der Waals surface area contributed by atoms with E-state index in [4.69, 9.17) is 5.73 Å². The molecule has 0 saturated carbocycles. The van der Waals surface area contributed by atoms with Crippen LogP contribution in [0.15, 0.2) is 18.2 Å². The molecule has 1 aromatic rings. The van der Waals surface area contributed by atoms with E-state index < -0.39 is 0 Å². The van der Waals surface area contributed by atoms with Crippen LogP contribution in [0.4, 0.5) is 5.69 Å². The molecule has 2 N–H and O–H groups in total. The highest BCUT2D eigenvalue weighted by Gasteiger charge is 2.34. The molecule has 1 atom stereocenters. The lowest BCUT2D eigenvalue weighted by atomic mass is 9.80. The maximum atomic E-state index is 5.72. The number of hydrogen-bond donors (Lipinski definition) is 1. The van der Waals surface area contributed by atoms with Gasteiger partial charge in [-0.25, -0.2) is 0 Å². The van der Waals surface area contributed by atoms with E-state index in [2.05, 4.69) is 50.8 Å². The third kappa shape index (κ3) is 3.11. The van der Waals surface area contributed by atoms with Crippen LogP contribution in [0.1, 0.15) is 44.2 Å². The third-order valence-electron chi connectivity index (χ3n) is 4.50. The third-order valence-corrected chi connectivity index (χ3v) is 4.50. The van der Waals surface area contributed by atoms with Crippen LogP contribution >= 0.6 is 0 Å². The second kappa shape index (κ2) is 5.54. The van der Waals surface area contributed by atoms with Gasteiger partial charge in [0, 0.05) is 17.8 Å². The summed E-state index contributed by atoms with van der Waals surface area (Å²) in [5.74, 6) is 0.794. The Bertz CT molecular complexity index is 437. The molecule has 0 amide bonds. The van der Waals surface area contributed by atoms with Crippen LogP contribution in [0.3, 0.4) is 0 Å². The van der Waals surface area contributed by atoms with Crippen LogP contribution in [0.2, 0.25) is 0 Å². The zero-order chi connectivity index (χ0) is 14.0. The molecule has 1 saturated heterocycles. The Balaban J connectivity index is 2.21. The minimum Gasteiger partial charge on any atom is -0.366 e. The van der Waals surface area contributed by atoms with Crippen LogP contribution in [0, 0.1) is 19.8 Å². The predicted molar refractivity (Wildman–Crippen MR) is 83.7 cm³/mol. The highest BCUT2D eigenvalue weighted by atomic mass is 15.2. The maximum absolute atomic E-state index is 5.72. The van der Waals surface area contributed by atoms with Gasteiger partial charge < -0.3 is 10.6 Å². The van der Waals surface area contributed by atoms with Crippen molar-refractivity contribution in [1.82, 2.24) is 0 Å². The molecule has 2 rings (SSSR count). The van der Waals surface area contributed by atoms with Gasteiger partial charge in [-0.2, -0.15) is 0 Å². The fourth-order valence-electron chi connectivity index (χ4n) is 3.57. The Labute approximate surface area is 118 Å². The van der Waals surface area contributed by atoms with Gasteiger partial charge in [-0.1, -0.05) is 17.7 Å². The number of nitrogens with two attached hydrogens (primary N) is 1. The summed E-state index contributed by atoms with van der Waals surface area (Å²) in [5.41, 5.74) is 10.1. The molecule has 0 bridgehead atoms. The van der Waals surface area contributed by atoms with E-state index in [1.165, 1.54) is 36.1 Å². The molecule has 106 valence electrons. The molecule has 1 unspecified atom stereocenters. The van der Waals surface area contributed by atoms with E-state index in [0.29, 0.717) is 0 Å². The molecule has 2 nitrogen and oxygen atoms in total. The summed E-state index contributed by atoms with van der Waals surface area (Å²) in [4.78, 5) is 2.59. The van der Waals surface area contributed by atoms with Crippen molar-refractivity contribution in [3.8, 4) is 0 Å². The average molecular weight is 260 g/mol. The highest BCUT2D eigenvalue weighted by Crippen LogP contribution is 2.37. The quantitative estimate of drug-likeness (QED) is 0.899. The molecule has 19 heavy (non-hydrogen) atoms. The van der Waals surface area contributed by atoms with Crippen LogP contribution in [-0.4, -0.2) is 18.6 Å². The fourth-order valence-corrected chi connectivity index (χ4v) is 3.57. The van der Waals surface area contributed by atoms with E-state index in [1.807, 2.05) is 0 Å². The normalized spacial score (nSPS) is 22.6. The van der Waals surface area contributed by atoms with Crippen molar-refractivity contribution in [2.24, 2.45) is 11.7 Å². The lowest BCUT2D eigenvalue weighted by molar-refractivity contribution is 0.264. The van der Waals surface area contributed by atoms with E-state index in [-0.39, 0.29) is 5.54 Å². The zero-order valence-corrected chi connectivity index (χ0v) is 12.9. The molecule has 1 aromatic carbocycles. The molecule has 1 heterocycles. The Hall–Kier alpha value is -1.02. The second-order valence-electron chi connectivity index (χ2n) is 6.69. The van der Waals surface area contributed by atoms with Crippen molar-refractivity contribution < 1.29 is 0 Å². The summed E-state index contributed by atoms with van der Waals surface area (Å²) in [6.07, 6.45) is 3.69. The first-order chi connectivity index (χ1) is 8.94. The van der Waals surface area contributed by atoms with Gasteiger partial charge in [0.2, 0.25) is 0 Å². The predicted octanol–water partition coefficient (Wildman–Crippen LogP) is 3.65. The van der Waals surface area contributed by atoms with Crippen LogP contribution < -0.4 is 10.6 Å². The Morgan fingerprint density at radius 2 is 2.05 bits per heavy atom. The monoisotopic (exact) mass is 260 g/mol. The molecule has 0 radical (unpaired) electrons. The van der Waals surface area contributed by atoms with E-state index >= 15 is 0 Å². The summed E-state index contributed by atoms with van der Waals surface area (Å²) in [5, 5.41) is 0. The topological polar surface area (TPSA) is 29.3 Å². The van der Waals surface area contributed by atoms with Gasteiger partial charge in [-0.3, -0.25) is 0 Å². The van der Waals surface area contributed by atoms with E-state index in [9.17, 15) is 0 Å². The summed E-state index contributed by atoms with van der Waals surface area (Å²) >= 11 is 0. The first-order valence-corrected chi connectivity index (χ1v) is 7.49. The van der Waals surface area contributed by atoms with Gasteiger partial charge in [0.25, 0.3) is 0 Å². The number of piperidine rings is 1. The van der Waals surface area contributed by atoms with Gasteiger partial charge in [-0.05, 0) is 71.0 Å². The van der Waals surface area contributed by atoms with E-state index in [0.717, 1.165) is 19.0 Å². The van der Waals surface area contributed by atoms with Gasteiger partial charge >= 0.3 is 0 Å². The van der Waals surface area contributed by atoms with Crippen molar-refractivity contribution in [2.75, 3.05) is 18.0 Å². The minimum atomic E-state index is 0.234. The molecule has 1 fully saturated rings. The first kappa shape index (κ1) is 14.4. The number of nitrogens with zero attached hydrogens (tertiary/aromatic N) is 1. The van der Waals surface area contributed by atoms with Crippen LogP contribution in [-0.2, 0) is 0 Å². The number of hydrogen-bond acceptors (Lipinski definition) is 2. The Kier molecular flexibility index (Phi) is 4.19. The maximum Gasteiger partial charge on any atom is 0.0400 e. The number of benzene rings is 1. The number of anilines is 1. The fraction of sp³-hybridized carbons (Fsp3) is 0.647. The summed E-state index contributed by atoms with van der Waals surface area (Å²) in [6, 6.07) is 6.80. The van der Waals surface area contributed by atoms with Crippen molar-refractivity contribution in [3.05, 3.63) is 29.3 Å². The van der Waals surface area contributed by atoms with Gasteiger partial charge in [0.05, 0.1) is 0 Å². The van der Waals surface area contributed by atoms with Gasteiger partial charge in [0.1, 0.15) is 0 Å². The molecule has 1 aliphatic rings. The lowest BCUT2D eigenvalue weighted by Gasteiger charge is -2.48. The molecular formula is C17H28N2. The summed E-state index contributed by atoms with van der Waals surface area (Å²) < 4.78 is 0. The van der Waals surface area contributed by atoms with Crippen molar-refractivity contribution >= 4 is 5.69 Å². The van der Waals surface area contributed by atoms with Crippen molar-refractivity contribution in [2.45, 2.75) is 52.5 Å². The van der Waals surface area contributed by atoms with Crippen LogP contribution in [0.5, 0.6) is 0 Å². The zero-order valence-electron chi connectivity index (χ0n) is 12.9. The second-order valence-corrected chi connectivity index (χ2v) is 6.69. The Morgan fingerprint density at radius 3 is 2.63 bits per heavy atom.